The number of nitrogens with one attached hydrogen (secondary N) is 2. The number of rotatable bonds is 16. The van der Waals surface area contributed by atoms with Crippen molar-refractivity contribution in [2.24, 2.45) is 0 Å². The number of unbranched alkanes of at least 4 members (excludes halogenated alkanes) is 8. The normalized spacial score (nSPS) is 15.4. The Morgan fingerprint density at radius 3 is 2.32 bits per heavy atom. The van der Waals surface area contributed by atoms with Crippen LogP contribution in [0.5, 0.6) is 0 Å². The summed E-state index contributed by atoms with van der Waals surface area (Å²) in [7, 11) is 0. The summed E-state index contributed by atoms with van der Waals surface area (Å²) < 4.78 is 5.44. The molecule has 2 aromatic carbocycles. The molecule has 1 saturated heterocycles. The van der Waals surface area contributed by atoms with E-state index in [0.29, 0.717) is 24.2 Å². The maximum Gasteiger partial charge on any atom is 0.253 e. The van der Waals surface area contributed by atoms with Crippen LogP contribution in [0, 0.1) is 0 Å². The minimum absolute atomic E-state index is 0.0197. The second-order valence-corrected chi connectivity index (χ2v) is 11.5. The first-order valence-electron chi connectivity index (χ1n) is 16.0. The number of carbonyl (C=O) groups excluding carboxylic acids is 2. The lowest BCUT2D eigenvalue weighted by Crippen LogP contribution is -2.41. The average molecular weight is 563 g/mol. The molecule has 0 unspecified atom stereocenters. The molecule has 4 rings (SSSR count). The van der Waals surface area contributed by atoms with Crippen molar-refractivity contribution in [2.45, 2.75) is 84.1 Å². The van der Waals surface area contributed by atoms with E-state index in [-0.39, 0.29) is 11.8 Å². The van der Waals surface area contributed by atoms with Gasteiger partial charge in [-0.05, 0) is 42.2 Å². The monoisotopic (exact) mass is 562 g/mol. The van der Waals surface area contributed by atoms with Gasteiger partial charge >= 0.3 is 0 Å². The van der Waals surface area contributed by atoms with Crippen LogP contribution >= 0.6 is 0 Å². The summed E-state index contributed by atoms with van der Waals surface area (Å²) in [6, 6.07) is 14.3. The predicted octanol–water partition coefficient (Wildman–Crippen LogP) is 6.17. The lowest BCUT2D eigenvalue weighted by Gasteiger charge is -2.32. The number of hydrogen-bond donors (Lipinski definition) is 2. The molecule has 0 bridgehead atoms. The lowest BCUT2D eigenvalue weighted by molar-refractivity contribution is -0.116. The van der Waals surface area contributed by atoms with Crippen LogP contribution < -0.4 is 15.5 Å². The van der Waals surface area contributed by atoms with Gasteiger partial charge in [0, 0.05) is 57.1 Å². The van der Waals surface area contributed by atoms with E-state index in [0.717, 1.165) is 70.9 Å². The molecular formula is C34H50N4O3. The van der Waals surface area contributed by atoms with Gasteiger partial charge in [0.15, 0.2) is 0 Å². The highest BCUT2D eigenvalue weighted by Crippen LogP contribution is 2.30. The van der Waals surface area contributed by atoms with Crippen LogP contribution in [0.15, 0.2) is 42.5 Å². The van der Waals surface area contributed by atoms with Gasteiger partial charge in [0.25, 0.3) is 5.91 Å². The molecule has 0 saturated carbocycles. The van der Waals surface area contributed by atoms with Crippen LogP contribution in [-0.2, 0) is 22.5 Å². The molecule has 1 fully saturated rings. The van der Waals surface area contributed by atoms with Gasteiger partial charge in [-0.15, -0.1) is 0 Å². The highest BCUT2D eigenvalue weighted by Gasteiger charge is 2.22. The van der Waals surface area contributed by atoms with Gasteiger partial charge in [0.05, 0.1) is 18.8 Å². The summed E-state index contributed by atoms with van der Waals surface area (Å²) in [5.74, 6) is -0.0755. The summed E-state index contributed by atoms with van der Waals surface area (Å²) in [6.45, 7) is 8.54. The van der Waals surface area contributed by atoms with Gasteiger partial charge < -0.3 is 20.3 Å². The van der Waals surface area contributed by atoms with E-state index in [1.807, 2.05) is 18.2 Å². The van der Waals surface area contributed by atoms with Crippen molar-refractivity contribution >= 4 is 23.2 Å². The van der Waals surface area contributed by atoms with Crippen molar-refractivity contribution < 1.29 is 14.3 Å². The third kappa shape index (κ3) is 10.2. The van der Waals surface area contributed by atoms with Crippen molar-refractivity contribution in [3.63, 3.8) is 0 Å². The molecule has 2 N–H and O–H groups in total. The van der Waals surface area contributed by atoms with Crippen LogP contribution in [0.2, 0.25) is 0 Å². The largest absolute Gasteiger partial charge is 0.379 e. The van der Waals surface area contributed by atoms with Gasteiger partial charge in [-0.3, -0.25) is 14.5 Å². The number of ether oxygens (including phenoxy) is 1. The van der Waals surface area contributed by atoms with Crippen LogP contribution in [0.4, 0.5) is 11.4 Å². The molecule has 7 nitrogen and oxygen atoms in total. The molecule has 0 aromatic heterocycles. The van der Waals surface area contributed by atoms with Crippen molar-refractivity contribution in [1.29, 1.82) is 0 Å². The van der Waals surface area contributed by atoms with Crippen molar-refractivity contribution in [1.82, 2.24) is 10.2 Å². The molecule has 2 amide bonds. The van der Waals surface area contributed by atoms with Crippen LogP contribution in [0.3, 0.4) is 0 Å². The van der Waals surface area contributed by atoms with Crippen LogP contribution in [0.25, 0.3) is 0 Å². The van der Waals surface area contributed by atoms with E-state index in [4.69, 9.17) is 4.74 Å². The minimum Gasteiger partial charge on any atom is -0.379 e. The first-order chi connectivity index (χ1) is 20.1. The number of morpholine rings is 1. The molecule has 0 aliphatic carbocycles. The summed E-state index contributed by atoms with van der Waals surface area (Å²) in [5, 5.41) is 6.19. The first kappa shape index (κ1) is 31.0. The summed E-state index contributed by atoms with van der Waals surface area (Å²) in [4.78, 5) is 30.8. The zero-order chi connectivity index (χ0) is 28.7. The first-order valence-corrected chi connectivity index (χ1v) is 16.0. The zero-order valence-electron chi connectivity index (χ0n) is 25.1. The Kier molecular flexibility index (Phi) is 13.0. The third-order valence-electron chi connectivity index (χ3n) is 8.32. The Hall–Kier alpha value is -2.90. The van der Waals surface area contributed by atoms with Gasteiger partial charge in [-0.2, -0.15) is 0 Å². The molecule has 0 atom stereocenters. The highest BCUT2D eigenvalue weighted by molar-refractivity contribution is 6.02. The fraction of sp³-hybridized carbons (Fsp3) is 0.588. The molecule has 2 heterocycles. The average Bonchev–Trinajstić information content (AvgIpc) is 3.00. The molecule has 0 spiro atoms. The summed E-state index contributed by atoms with van der Waals surface area (Å²) in [6.07, 6.45) is 12.5. The third-order valence-corrected chi connectivity index (χ3v) is 8.32. The molecule has 41 heavy (non-hydrogen) atoms. The number of hydrogen-bond acceptors (Lipinski definition) is 5. The smallest absolute Gasteiger partial charge is 0.253 e. The second-order valence-electron chi connectivity index (χ2n) is 11.5. The Balaban J connectivity index is 1.33. The van der Waals surface area contributed by atoms with E-state index < -0.39 is 0 Å². The Labute approximate surface area is 247 Å². The Morgan fingerprint density at radius 2 is 1.56 bits per heavy atom. The fourth-order valence-electron chi connectivity index (χ4n) is 5.84. The Bertz CT molecular complexity index is 1100. The summed E-state index contributed by atoms with van der Waals surface area (Å²) >= 11 is 0. The molecular weight excluding hydrogens is 512 g/mol. The molecule has 224 valence electrons. The number of nitrogens with zero attached hydrogens (tertiary/aromatic N) is 2. The van der Waals surface area contributed by atoms with Crippen molar-refractivity contribution in [3.8, 4) is 0 Å². The number of benzene rings is 2. The quantitative estimate of drug-likeness (QED) is 0.239. The molecule has 7 heteroatoms. The fourth-order valence-corrected chi connectivity index (χ4v) is 5.84. The molecule has 0 radical (unpaired) electrons. The second kappa shape index (κ2) is 17.1. The predicted molar refractivity (Wildman–Crippen MR) is 168 cm³/mol. The van der Waals surface area contributed by atoms with Crippen LogP contribution in [-0.4, -0.2) is 62.7 Å². The SMILES string of the molecule is CCCCCCCCCCCC(=O)Nc1ccc(N2CCc3ccccc3C2)c(C(=O)NCCN2CCOCC2)c1. The lowest BCUT2D eigenvalue weighted by atomic mass is 9.98. The molecule has 2 aliphatic rings. The number of anilines is 2. The standard InChI is InChI=1S/C34H50N4O3/c1-2-3-4-5-6-7-8-9-10-15-33(39)36-30-16-17-32(38-20-18-28-13-11-12-14-29(28)27-38)31(26-30)34(40)35-19-21-37-22-24-41-25-23-37/h11-14,16-17,26H,2-10,15,18-25,27H2,1H3,(H,35,40)(H,36,39). The zero-order valence-corrected chi connectivity index (χ0v) is 25.1. The van der Waals surface area contributed by atoms with Crippen molar-refractivity contribution in [2.75, 3.05) is 56.2 Å². The Morgan fingerprint density at radius 1 is 0.854 bits per heavy atom. The highest BCUT2D eigenvalue weighted by atomic mass is 16.5. The topological polar surface area (TPSA) is 73.9 Å². The van der Waals surface area contributed by atoms with E-state index in [1.165, 1.54) is 56.1 Å². The molecule has 2 aromatic rings. The number of carbonyl (C=O) groups is 2. The van der Waals surface area contributed by atoms with Gasteiger partial charge in [0.1, 0.15) is 0 Å². The molecule has 2 aliphatic heterocycles. The minimum atomic E-state index is -0.0952. The van der Waals surface area contributed by atoms with Gasteiger partial charge in [0.2, 0.25) is 5.91 Å². The van der Waals surface area contributed by atoms with Crippen LogP contribution in [0.1, 0.15) is 92.6 Å². The number of fused-ring (bicyclic) bond motifs is 1. The summed E-state index contributed by atoms with van der Waals surface area (Å²) in [5.41, 5.74) is 4.90. The van der Waals surface area contributed by atoms with E-state index in [2.05, 4.69) is 51.6 Å². The van der Waals surface area contributed by atoms with E-state index in [1.54, 1.807) is 0 Å². The van der Waals surface area contributed by atoms with E-state index in [9.17, 15) is 9.59 Å². The van der Waals surface area contributed by atoms with Crippen molar-refractivity contribution in [3.05, 3.63) is 59.2 Å². The van der Waals surface area contributed by atoms with Gasteiger partial charge in [-0.25, -0.2) is 0 Å². The van der Waals surface area contributed by atoms with E-state index >= 15 is 0 Å². The number of amides is 2. The maximum absolute atomic E-state index is 13.5. The van der Waals surface area contributed by atoms with Gasteiger partial charge in [-0.1, -0.05) is 82.6 Å². The maximum atomic E-state index is 13.5.